The Bertz CT molecular complexity index is 445. The molecule has 72 valence electrons. The average Bonchev–Trinajstić information content (AvgIpc) is 2.47. The average molecular weight is 188 g/mol. The van der Waals surface area contributed by atoms with Crippen LogP contribution in [-0.2, 0) is 7.05 Å². The van der Waals surface area contributed by atoms with E-state index in [1.165, 1.54) is 0 Å². The zero-order valence-corrected chi connectivity index (χ0v) is 8.23. The summed E-state index contributed by atoms with van der Waals surface area (Å²) in [5.41, 5.74) is 8.66. The predicted octanol–water partition coefficient (Wildman–Crippen LogP) is 1.37. The quantitative estimate of drug-likeness (QED) is 0.735. The lowest BCUT2D eigenvalue weighted by Crippen LogP contribution is -1.97. The number of hydrogen-bond donors (Lipinski definition) is 1. The molecule has 0 radical (unpaired) electrons. The Balaban J connectivity index is 2.58. The van der Waals surface area contributed by atoms with Gasteiger partial charge in [0.05, 0.1) is 5.69 Å². The summed E-state index contributed by atoms with van der Waals surface area (Å²) >= 11 is 0. The third kappa shape index (κ3) is 1.25. The molecule has 2 heterocycles. The number of nitrogens with zero attached hydrogens (tertiary/aromatic N) is 3. The van der Waals surface area contributed by atoms with Gasteiger partial charge in [0, 0.05) is 30.7 Å². The highest BCUT2D eigenvalue weighted by molar-refractivity contribution is 5.62. The van der Waals surface area contributed by atoms with Crippen molar-refractivity contribution in [3.05, 3.63) is 30.2 Å². The van der Waals surface area contributed by atoms with Crippen molar-refractivity contribution in [3.63, 3.8) is 0 Å². The minimum atomic E-state index is 0.529. The van der Waals surface area contributed by atoms with Crippen LogP contribution in [0.1, 0.15) is 5.69 Å². The lowest BCUT2D eigenvalue weighted by molar-refractivity contribution is 0.889. The molecule has 0 saturated carbocycles. The monoisotopic (exact) mass is 188 g/mol. The van der Waals surface area contributed by atoms with Gasteiger partial charge in [0.1, 0.15) is 0 Å². The van der Waals surface area contributed by atoms with E-state index >= 15 is 0 Å². The van der Waals surface area contributed by atoms with Crippen LogP contribution < -0.4 is 5.73 Å². The molecular weight excluding hydrogens is 176 g/mol. The molecule has 0 atom stereocenters. The molecule has 2 aromatic heterocycles. The first kappa shape index (κ1) is 8.74. The molecule has 4 heteroatoms. The van der Waals surface area contributed by atoms with Crippen LogP contribution in [-0.4, -0.2) is 14.5 Å². The van der Waals surface area contributed by atoms with E-state index in [0.29, 0.717) is 5.95 Å². The van der Waals surface area contributed by atoms with Gasteiger partial charge in [-0.15, -0.1) is 0 Å². The smallest absolute Gasteiger partial charge is 0.200 e. The standard InChI is InChI=1S/C10H12N4/c1-7-9(13-10(11)14(7)2)8-4-3-5-12-6-8/h3-6H,1-2H3,(H2,11,13). The van der Waals surface area contributed by atoms with E-state index in [-0.39, 0.29) is 0 Å². The number of anilines is 1. The van der Waals surface area contributed by atoms with Crippen LogP contribution in [0.2, 0.25) is 0 Å². The first-order chi connectivity index (χ1) is 6.70. The SMILES string of the molecule is Cc1c(-c2cccnc2)nc(N)n1C. The fourth-order valence-electron chi connectivity index (χ4n) is 1.38. The van der Waals surface area contributed by atoms with Gasteiger partial charge in [-0.3, -0.25) is 4.98 Å². The van der Waals surface area contributed by atoms with E-state index in [1.54, 1.807) is 12.4 Å². The van der Waals surface area contributed by atoms with Crippen molar-refractivity contribution in [1.29, 1.82) is 0 Å². The van der Waals surface area contributed by atoms with Crippen molar-refractivity contribution < 1.29 is 0 Å². The topological polar surface area (TPSA) is 56.7 Å². The first-order valence-corrected chi connectivity index (χ1v) is 4.39. The summed E-state index contributed by atoms with van der Waals surface area (Å²) in [4.78, 5) is 8.33. The van der Waals surface area contributed by atoms with E-state index in [2.05, 4.69) is 9.97 Å². The highest BCUT2D eigenvalue weighted by atomic mass is 15.1. The number of rotatable bonds is 1. The van der Waals surface area contributed by atoms with Gasteiger partial charge in [-0.1, -0.05) is 0 Å². The Kier molecular flexibility index (Phi) is 1.96. The van der Waals surface area contributed by atoms with E-state index in [9.17, 15) is 0 Å². The summed E-state index contributed by atoms with van der Waals surface area (Å²) in [6, 6.07) is 3.86. The first-order valence-electron chi connectivity index (χ1n) is 4.39. The van der Waals surface area contributed by atoms with Gasteiger partial charge < -0.3 is 10.3 Å². The van der Waals surface area contributed by atoms with Crippen molar-refractivity contribution in [3.8, 4) is 11.3 Å². The van der Waals surface area contributed by atoms with Crippen molar-refractivity contribution in [1.82, 2.24) is 14.5 Å². The van der Waals surface area contributed by atoms with Crippen LogP contribution in [0.25, 0.3) is 11.3 Å². The van der Waals surface area contributed by atoms with Gasteiger partial charge in [-0.2, -0.15) is 0 Å². The molecule has 0 amide bonds. The number of nitrogen functional groups attached to an aromatic ring is 1. The van der Waals surface area contributed by atoms with Crippen molar-refractivity contribution in [2.45, 2.75) is 6.92 Å². The summed E-state index contributed by atoms with van der Waals surface area (Å²) in [7, 11) is 1.90. The lowest BCUT2D eigenvalue weighted by atomic mass is 10.2. The fourth-order valence-corrected chi connectivity index (χ4v) is 1.38. The normalized spacial score (nSPS) is 10.4. The molecule has 2 aromatic rings. The highest BCUT2D eigenvalue weighted by Gasteiger charge is 2.09. The maximum absolute atomic E-state index is 5.71. The van der Waals surface area contributed by atoms with E-state index in [4.69, 9.17) is 5.73 Å². The molecule has 0 spiro atoms. The van der Waals surface area contributed by atoms with Gasteiger partial charge in [-0.25, -0.2) is 4.98 Å². The maximum Gasteiger partial charge on any atom is 0.200 e. The van der Waals surface area contributed by atoms with Crippen LogP contribution in [0.5, 0.6) is 0 Å². The third-order valence-corrected chi connectivity index (χ3v) is 2.35. The van der Waals surface area contributed by atoms with Crippen LogP contribution in [0.3, 0.4) is 0 Å². The summed E-state index contributed by atoms with van der Waals surface area (Å²) in [5, 5.41) is 0. The molecule has 2 N–H and O–H groups in total. The molecule has 0 aliphatic heterocycles. The van der Waals surface area contributed by atoms with Crippen LogP contribution in [0, 0.1) is 6.92 Å². The number of pyridine rings is 1. The molecule has 2 rings (SSSR count). The maximum atomic E-state index is 5.71. The number of nitrogens with two attached hydrogens (primary N) is 1. The second-order valence-corrected chi connectivity index (χ2v) is 3.20. The number of aromatic nitrogens is 3. The lowest BCUT2D eigenvalue weighted by Gasteiger charge is -1.98. The van der Waals surface area contributed by atoms with E-state index in [0.717, 1.165) is 17.0 Å². The van der Waals surface area contributed by atoms with Gasteiger partial charge in [0.25, 0.3) is 0 Å². The molecule has 0 bridgehead atoms. The van der Waals surface area contributed by atoms with E-state index < -0.39 is 0 Å². The minimum absolute atomic E-state index is 0.529. The molecule has 0 aliphatic rings. The minimum Gasteiger partial charge on any atom is -0.369 e. The van der Waals surface area contributed by atoms with E-state index in [1.807, 2.05) is 30.7 Å². The Morgan fingerprint density at radius 2 is 2.21 bits per heavy atom. The second-order valence-electron chi connectivity index (χ2n) is 3.20. The number of hydrogen-bond acceptors (Lipinski definition) is 3. The second kappa shape index (κ2) is 3.14. The summed E-state index contributed by atoms with van der Waals surface area (Å²) < 4.78 is 1.86. The fraction of sp³-hybridized carbons (Fsp3) is 0.200. The Labute approximate surface area is 82.4 Å². The van der Waals surface area contributed by atoms with Crippen molar-refractivity contribution in [2.24, 2.45) is 7.05 Å². The van der Waals surface area contributed by atoms with Gasteiger partial charge in [0.2, 0.25) is 5.95 Å². The predicted molar refractivity (Wildman–Crippen MR) is 55.6 cm³/mol. The van der Waals surface area contributed by atoms with Gasteiger partial charge in [0.15, 0.2) is 0 Å². The molecular formula is C10H12N4. The highest BCUT2D eigenvalue weighted by Crippen LogP contribution is 2.22. The van der Waals surface area contributed by atoms with Gasteiger partial charge in [-0.05, 0) is 19.1 Å². The third-order valence-electron chi connectivity index (χ3n) is 2.35. The zero-order chi connectivity index (χ0) is 10.1. The molecule has 14 heavy (non-hydrogen) atoms. The van der Waals surface area contributed by atoms with Crippen molar-refractivity contribution >= 4 is 5.95 Å². The molecule has 0 aromatic carbocycles. The Hall–Kier alpha value is -1.84. The summed E-state index contributed by atoms with van der Waals surface area (Å²) in [6.45, 7) is 1.99. The van der Waals surface area contributed by atoms with Crippen molar-refractivity contribution in [2.75, 3.05) is 5.73 Å². The largest absolute Gasteiger partial charge is 0.369 e. The molecule has 0 unspecified atom stereocenters. The zero-order valence-electron chi connectivity index (χ0n) is 8.23. The summed E-state index contributed by atoms with van der Waals surface area (Å²) in [5.74, 6) is 0.529. The number of imidazole rings is 1. The Morgan fingerprint density at radius 1 is 1.43 bits per heavy atom. The van der Waals surface area contributed by atoms with Crippen LogP contribution >= 0.6 is 0 Å². The summed E-state index contributed by atoms with van der Waals surface area (Å²) in [6.07, 6.45) is 3.53. The molecule has 0 aliphatic carbocycles. The molecule has 4 nitrogen and oxygen atoms in total. The Morgan fingerprint density at radius 3 is 2.71 bits per heavy atom. The van der Waals surface area contributed by atoms with Crippen LogP contribution in [0.15, 0.2) is 24.5 Å². The van der Waals surface area contributed by atoms with Gasteiger partial charge >= 0.3 is 0 Å². The molecule has 0 fully saturated rings. The molecule has 0 saturated heterocycles. The van der Waals surface area contributed by atoms with Crippen LogP contribution in [0.4, 0.5) is 5.95 Å².